The number of carbonyl (C=O) groups excluding carboxylic acids is 1. The second kappa shape index (κ2) is 4.25. The fourth-order valence-corrected chi connectivity index (χ4v) is 0.811. The van der Waals surface area contributed by atoms with Crippen LogP contribution in [0.5, 0.6) is 0 Å². The summed E-state index contributed by atoms with van der Waals surface area (Å²) in [6.07, 6.45) is 3.23. The summed E-state index contributed by atoms with van der Waals surface area (Å²) in [5.74, 6) is -0.266. The smallest absolute Gasteiger partial charge is 0.313 e. The van der Waals surface area contributed by atoms with E-state index in [2.05, 4.69) is 16.9 Å². The Hall–Kier alpha value is -1.65. The SMILES string of the molecule is C=Cc1cn(COC(=O)C(C)(C)C)nn1. The number of ether oxygens (including phenoxy) is 1. The maximum Gasteiger partial charge on any atom is 0.313 e. The molecular formula is C10H15N3O2. The first-order valence-electron chi connectivity index (χ1n) is 4.63. The lowest BCUT2D eigenvalue weighted by atomic mass is 9.98. The maximum atomic E-state index is 11.4. The molecule has 0 aliphatic heterocycles. The lowest BCUT2D eigenvalue weighted by molar-refractivity contribution is -0.157. The molecule has 0 spiro atoms. The zero-order chi connectivity index (χ0) is 11.5. The van der Waals surface area contributed by atoms with Gasteiger partial charge < -0.3 is 4.74 Å². The van der Waals surface area contributed by atoms with Crippen LogP contribution in [0.4, 0.5) is 0 Å². The van der Waals surface area contributed by atoms with Gasteiger partial charge in [0.25, 0.3) is 0 Å². The van der Waals surface area contributed by atoms with Gasteiger partial charge in [-0.1, -0.05) is 11.8 Å². The molecule has 82 valence electrons. The largest absolute Gasteiger partial charge is 0.442 e. The Balaban J connectivity index is 2.50. The summed E-state index contributed by atoms with van der Waals surface area (Å²) < 4.78 is 6.48. The highest BCUT2D eigenvalue weighted by atomic mass is 16.5. The molecule has 1 heterocycles. The Labute approximate surface area is 88.7 Å². The zero-order valence-corrected chi connectivity index (χ0v) is 9.23. The lowest BCUT2D eigenvalue weighted by Gasteiger charge is -2.15. The number of carbonyl (C=O) groups is 1. The Bertz CT molecular complexity index is 363. The standard InChI is InChI=1S/C10H15N3O2/c1-5-8-6-13(12-11-8)7-15-9(14)10(2,3)4/h5-6H,1,7H2,2-4H3. The third-order valence-electron chi connectivity index (χ3n) is 1.71. The first kappa shape index (κ1) is 11.4. The first-order valence-corrected chi connectivity index (χ1v) is 4.63. The molecule has 0 aromatic carbocycles. The van der Waals surface area contributed by atoms with E-state index in [0.717, 1.165) is 0 Å². The van der Waals surface area contributed by atoms with Crippen LogP contribution in [0, 0.1) is 5.41 Å². The van der Waals surface area contributed by atoms with E-state index in [1.54, 1.807) is 33.0 Å². The van der Waals surface area contributed by atoms with Crippen molar-refractivity contribution in [2.24, 2.45) is 5.41 Å². The molecule has 0 atom stereocenters. The lowest BCUT2D eigenvalue weighted by Crippen LogP contribution is -2.24. The van der Waals surface area contributed by atoms with Gasteiger partial charge in [-0.25, -0.2) is 4.68 Å². The molecule has 0 amide bonds. The molecule has 0 saturated carbocycles. The summed E-state index contributed by atoms with van der Waals surface area (Å²) in [7, 11) is 0. The van der Waals surface area contributed by atoms with Gasteiger partial charge >= 0.3 is 5.97 Å². The van der Waals surface area contributed by atoms with Gasteiger partial charge in [-0.2, -0.15) is 0 Å². The number of aromatic nitrogens is 3. The predicted octanol–water partition coefficient (Wildman–Crippen LogP) is 1.47. The van der Waals surface area contributed by atoms with Gasteiger partial charge in [0.15, 0.2) is 6.73 Å². The number of hydrogen-bond acceptors (Lipinski definition) is 4. The fourth-order valence-electron chi connectivity index (χ4n) is 0.811. The van der Waals surface area contributed by atoms with Crippen LogP contribution in [0.25, 0.3) is 6.08 Å². The highest BCUT2D eigenvalue weighted by Gasteiger charge is 2.22. The van der Waals surface area contributed by atoms with Crippen LogP contribution in [-0.2, 0) is 16.3 Å². The highest BCUT2D eigenvalue weighted by Crippen LogP contribution is 2.15. The van der Waals surface area contributed by atoms with Gasteiger partial charge in [0.05, 0.1) is 11.6 Å². The Kier molecular flexibility index (Phi) is 3.24. The number of esters is 1. The molecule has 15 heavy (non-hydrogen) atoms. The molecule has 0 aliphatic rings. The summed E-state index contributed by atoms with van der Waals surface area (Å²) in [6.45, 7) is 9.03. The molecule has 0 aliphatic carbocycles. The van der Waals surface area contributed by atoms with Crippen LogP contribution < -0.4 is 0 Å². The van der Waals surface area contributed by atoms with Gasteiger partial charge in [0, 0.05) is 0 Å². The van der Waals surface area contributed by atoms with Crippen molar-refractivity contribution in [3.05, 3.63) is 18.5 Å². The average Bonchev–Trinajstić information content (AvgIpc) is 2.60. The number of nitrogens with zero attached hydrogens (tertiary/aromatic N) is 3. The van der Waals surface area contributed by atoms with Crippen molar-refractivity contribution in [1.82, 2.24) is 15.0 Å². The molecule has 0 saturated heterocycles. The van der Waals surface area contributed by atoms with E-state index < -0.39 is 5.41 Å². The predicted molar refractivity (Wildman–Crippen MR) is 55.7 cm³/mol. The van der Waals surface area contributed by atoms with E-state index in [1.807, 2.05) is 0 Å². The average molecular weight is 209 g/mol. The summed E-state index contributed by atoms with van der Waals surface area (Å²) in [5.41, 5.74) is 0.156. The molecule has 5 nitrogen and oxygen atoms in total. The molecule has 5 heteroatoms. The van der Waals surface area contributed by atoms with Crippen molar-refractivity contribution in [1.29, 1.82) is 0 Å². The molecule has 0 unspecified atom stereocenters. The van der Waals surface area contributed by atoms with Gasteiger partial charge in [-0.15, -0.1) is 5.10 Å². The highest BCUT2D eigenvalue weighted by molar-refractivity contribution is 5.75. The summed E-state index contributed by atoms with van der Waals surface area (Å²) in [5, 5.41) is 7.54. The van der Waals surface area contributed by atoms with Crippen molar-refractivity contribution in [3.63, 3.8) is 0 Å². The molecule has 0 radical (unpaired) electrons. The van der Waals surface area contributed by atoms with Gasteiger partial charge in [-0.05, 0) is 26.8 Å². The number of hydrogen-bond donors (Lipinski definition) is 0. The van der Waals surface area contributed by atoms with Crippen LogP contribution in [0.2, 0.25) is 0 Å². The van der Waals surface area contributed by atoms with Crippen molar-refractivity contribution in [3.8, 4) is 0 Å². The molecular weight excluding hydrogens is 194 g/mol. The van der Waals surface area contributed by atoms with Crippen molar-refractivity contribution < 1.29 is 9.53 Å². The third kappa shape index (κ3) is 3.19. The van der Waals surface area contributed by atoms with Crippen LogP contribution in [0.1, 0.15) is 26.5 Å². The van der Waals surface area contributed by atoms with Gasteiger partial charge in [0.1, 0.15) is 5.69 Å². The molecule has 1 aromatic heterocycles. The van der Waals surface area contributed by atoms with E-state index in [4.69, 9.17) is 4.74 Å². The minimum absolute atomic E-state index is 0.0803. The van der Waals surface area contributed by atoms with E-state index >= 15 is 0 Å². The molecule has 1 aromatic rings. The second-order valence-electron chi connectivity index (χ2n) is 4.20. The van der Waals surface area contributed by atoms with Crippen molar-refractivity contribution in [2.75, 3.05) is 0 Å². The first-order chi connectivity index (χ1) is 6.93. The Morgan fingerprint density at radius 3 is 2.80 bits per heavy atom. The minimum atomic E-state index is -0.498. The molecule has 0 bridgehead atoms. The minimum Gasteiger partial charge on any atom is -0.442 e. The van der Waals surface area contributed by atoms with Crippen LogP contribution >= 0.6 is 0 Å². The normalized spacial score (nSPS) is 11.1. The fraction of sp³-hybridized carbons (Fsp3) is 0.500. The van der Waals surface area contributed by atoms with Crippen LogP contribution in [-0.4, -0.2) is 21.0 Å². The van der Waals surface area contributed by atoms with Gasteiger partial charge in [-0.3, -0.25) is 4.79 Å². The number of rotatable bonds is 3. The van der Waals surface area contributed by atoms with Crippen LogP contribution in [0.15, 0.2) is 12.8 Å². The molecule has 0 fully saturated rings. The summed E-state index contributed by atoms with van der Waals surface area (Å²) >= 11 is 0. The Morgan fingerprint density at radius 2 is 2.33 bits per heavy atom. The molecule has 0 N–H and O–H groups in total. The van der Waals surface area contributed by atoms with E-state index in [0.29, 0.717) is 5.69 Å². The third-order valence-corrected chi connectivity index (χ3v) is 1.71. The Morgan fingerprint density at radius 1 is 1.67 bits per heavy atom. The van der Waals surface area contributed by atoms with Crippen molar-refractivity contribution >= 4 is 12.0 Å². The van der Waals surface area contributed by atoms with Crippen LogP contribution in [0.3, 0.4) is 0 Å². The second-order valence-corrected chi connectivity index (χ2v) is 4.20. The van der Waals surface area contributed by atoms with Crippen molar-refractivity contribution in [2.45, 2.75) is 27.5 Å². The van der Waals surface area contributed by atoms with E-state index in [1.165, 1.54) is 4.68 Å². The summed E-state index contributed by atoms with van der Waals surface area (Å²) in [6, 6.07) is 0. The topological polar surface area (TPSA) is 57.0 Å². The van der Waals surface area contributed by atoms with E-state index in [9.17, 15) is 4.79 Å². The quantitative estimate of drug-likeness (QED) is 0.707. The monoisotopic (exact) mass is 209 g/mol. The van der Waals surface area contributed by atoms with E-state index in [-0.39, 0.29) is 12.7 Å². The summed E-state index contributed by atoms with van der Waals surface area (Å²) in [4.78, 5) is 11.4. The molecule has 1 rings (SSSR count). The zero-order valence-electron chi connectivity index (χ0n) is 9.23. The van der Waals surface area contributed by atoms with Gasteiger partial charge in [0.2, 0.25) is 0 Å². The maximum absolute atomic E-state index is 11.4.